The number of benzene rings is 1. The first-order valence-electron chi connectivity index (χ1n) is 8.01. The van der Waals surface area contributed by atoms with Gasteiger partial charge in [-0.15, -0.1) is 0 Å². The van der Waals surface area contributed by atoms with E-state index in [1.807, 2.05) is 6.07 Å². The van der Waals surface area contributed by atoms with Crippen molar-refractivity contribution in [2.24, 2.45) is 0 Å². The number of morpholine rings is 1. The van der Waals surface area contributed by atoms with Crippen LogP contribution in [0.4, 0.5) is 0 Å². The molecule has 1 aliphatic heterocycles. The fourth-order valence-electron chi connectivity index (χ4n) is 2.87. The van der Waals surface area contributed by atoms with Crippen LogP contribution in [0.25, 0.3) is 0 Å². The molecule has 0 aromatic heterocycles. The SMILES string of the molecule is Cc1cc(C)c(C)c(OCC(O)CN2CCOCC2(C)C)c1. The number of β-amino-alcohol motifs (C(OH)–C–C–N with tert-alkyl or cyclic N) is 1. The second kappa shape index (κ2) is 6.99. The molecule has 1 fully saturated rings. The fourth-order valence-corrected chi connectivity index (χ4v) is 2.87. The highest BCUT2D eigenvalue weighted by Crippen LogP contribution is 2.24. The van der Waals surface area contributed by atoms with Crippen LogP contribution in [-0.4, -0.2) is 54.6 Å². The van der Waals surface area contributed by atoms with Crippen molar-refractivity contribution in [3.8, 4) is 5.75 Å². The van der Waals surface area contributed by atoms with Crippen LogP contribution in [-0.2, 0) is 4.74 Å². The molecule has 0 spiro atoms. The summed E-state index contributed by atoms with van der Waals surface area (Å²) in [4.78, 5) is 2.28. The summed E-state index contributed by atoms with van der Waals surface area (Å²) >= 11 is 0. The van der Waals surface area contributed by atoms with Gasteiger partial charge in [0.15, 0.2) is 0 Å². The van der Waals surface area contributed by atoms with E-state index in [9.17, 15) is 5.11 Å². The summed E-state index contributed by atoms with van der Waals surface area (Å²) in [6.45, 7) is 13.7. The van der Waals surface area contributed by atoms with Crippen molar-refractivity contribution in [3.05, 3.63) is 28.8 Å². The Kier molecular flexibility index (Phi) is 5.48. The minimum Gasteiger partial charge on any atom is -0.491 e. The van der Waals surface area contributed by atoms with E-state index in [1.165, 1.54) is 11.1 Å². The second-order valence-corrected chi connectivity index (χ2v) is 6.98. The van der Waals surface area contributed by atoms with Gasteiger partial charge in [-0.25, -0.2) is 0 Å². The Balaban J connectivity index is 1.91. The van der Waals surface area contributed by atoms with E-state index < -0.39 is 6.10 Å². The molecule has 1 aromatic rings. The second-order valence-electron chi connectivity index (χ2n) is 6.98. The minimum atomic E-state index is -0.502. The molecule has 0 bridgehead atoms. The first-order valence-corrected chi connectivity index (χ1v) is 8.01. The maximum Gasteiger partial charge on any atom is 0.122 e. The van der Waals surface area contributed by atoms with Gasteiger partial charge < -0.3 is 14.6 Å². The molecule has 1 aliphatic rings. The van der Waals surface area contributed by atoms with Crippen LogP contribution in [0, 0.1) is 20.8 Å². The van der Waals surface area contributed by atoms with Crippen LogP contribution in [0.1, 0.15) is 30.5 Å². The predicted octanol–water partition coefficient (Wildman–Crippen LogP) is 2.46. The number of aliphatic hydroxyl groups excluding tert-OH is 1. The number of hydrogen-bond acceptors (Lipinski definition) is 4. The fraction of sp³-hybridized carbons (Fsp3) is 0.667. The number of hydrogen-bond donors (Lipinski definition) is 1. The van der Waals surface area contributed by atoms with Gasteiger partial charge in [0, 0.05) is 18.6 Å². The highest BCUT2D eigenvalue weighted by Gasteiger charge is 2.31. The standard InChI is InChI=1S/C18H29NO3/c1-13-8-14(2)15(3)17(9-13)22-11-16(20)10-19-6-7-21-12-18(19,4)5/h8-9,16,20H,6-7,10-12H2,1-5H3. The Morgan fingerprint density at radius 1 is 1.32 bits per heavy atom. The van der Waals surface area contributed by atoms with Crippen molar-refractivity contribution in [3.63, 3.8) is 0 Å². The molecule has 1 saturated heterocycles. The average Bonchev–Trinajstić information content (AvgIpc) is 2.43. The molecule has 1 heterocycles. The summed E-state index contributed by atoms with van der Waals surface area (Å²) < 4.78 is 11.4. The highest BCUT2D eigenvalue weighted by molar-refractivity contribution is 5.41. The largest absolute Gasteiger partial charge is 0.491 e. The van der Waals surface area contributed by atoms with Gasteiger partial charge in [0.05, 0.1) is 13.2 Å². The zero-order valence-corrected chi connectivity index (χ0v) is 14.5. The Labute approximate surface area is 134 Å². The lowest BCUT2D eigenvalue weighted by molar-refractivity contribution is -0.0703. The first-order chi connectivity index (χ1) is 10.3. The van der Waals surface area contributed by atoms with Crippen molar-refractivity contribution >= 4 is 0 Å². The number of rotatable bonds is 5. The molecular weight excluding hydrogens is 278 g/mol. The van der Waals surface area contributed by atoms with Crippen molar-refractivity contribution in [2.45, 2.75) is 46.3 Å². The molecule has 1 aromatic carbocycles. The van der Waals surface area contributed by atoms with E-state index in [1.54, 1.807) is 0 Å². The van der Waals surface area contributed by atoms with Crippen LogP contribution in [0.15, 0.2) is 12.1 Å². The van der Waals surface area contributed by atoms with Gasteiger partial charge in [0.1, 0.15) is 18.5 Å². The number of aryl methyl sites for hydroxylation is 2. The van der Waals surface area contributed by atoms with Crippen LogP contribution in [0.5, 0.6) is 5.75 Å². The van der Waals surface area contributed by atoms with Crippen molar-refractivity contribution in [2.75, 3.05) is 32.9 Å². The Morgan fingerprint density at radius 2 is 2.05 bits per heavy atom. The lowest BCUT2D eigenvalue weighted by atomic mass is 10.0. The average molecular weight is 307 g/mol. The lowest BCUT2D eigenvalue weighted by Crippen LogP contribution is -2.55. The van der Waals surface area contributed by atoms with Crippen LogP contribution in [0.3, 0.4) is 0 Å². The summed E-state index contributed by atoms with van der Waals surface area (Å²) in [5.74, 6) is 0.873. The van der Waals surface area contributed by atoms with Gasteiger partial charge in [-0.1, -0.05) is 6.07 Å². The lowest BCUT2D eigenvalue weighted by Gasteiger charge is -2.42. The molecule has 4 heteroatoms. The predicted molar refractivity (Wildman–Crippen MR) is 88.6 cm³/mol. The smallest absolute Gasteiger partial charge is 0.122 e. The van der Waals surface area contributed by atoms with Crippen molar-refractivity contribution in [1.82, 2.24) is 4.90 Å². The Hall–Kier alpha value is -1.10. The van der Waals surface area contributed by atoms with Gasteiger partial charge >= 0.3 is 0 Å². The number of aliphatic hydroxyl groups is 1. The molecule has 2 rings (SSSR count). The normalized spacial score (nSPS) is 19.9. The summed E-state index contributed by atoms with van der Waals surface area (Å²) in [7, 11) is 0. The molecule has 124 valence electrons. The third-order valence-corrected chi connectivity index (χ3v) is 4.44. The first kappa shape index (κ1) is 17.3. The highest BCUT2D eigenvalue weighted by atomic mass is 16.5. The maximum atomic E-state index is 10.3. The maximum absolute atomic E-state index is 10.3. The van der Waals surface area contributed by atoms with Crippen LogP contribution < -0.4 is 4.74 Å². The van der Waals surface area contributed by atoms with Gasteiger partial charge in [0.2, 0.25) is 0 Å². The van der Waals surface area contributed by atoms with E-state index in [0.717, 1.165) is 24.5 Å². The Bertz CT molecular complexity index is 513. The van der Waals surface area contributed by atoms with Gasteiger partial charge in [-0.3, -0.25) is 4.90 Å². The van der Waals surface area contributed by atoms with Gasteiger partial charge in [0.25, 0.3) is 0 Å². The summed E-state index contributed by atoms with van der Waals surface area (Å²) in [6, 6.07) is 4.18. The zero-order chi connectivity index (χ0) is 16.3. The third kappa shape index (κ3) is 4.22. The van der Waals surface area contributed by atoms with Gasteiger partial charge in [-0.05, 0) is 57.4 Å². The molecule has 4 nitrogen and oxygen atoms in total. The number of ether oxygens (including phenoxy) is 2. The molecule has 0 saturated carbocycles. The number of nitrogens with zero attached hydrogens (tertiary/aromatic N) is 1. The quantitative estimate of drug-likeness (QED) is 0.907. The minimum absolute atomic E-state index is 0.0327. The molecule has 22 heavy (non-hydrogen) atoms. The molecule has 1 N–H and O–H groups in total. The topological polar surface area (TPSA) is 41.9 Å². The Morgan fingerprint density at radius 3 is 2.73 bits per heavy atom. The molecule has 0 radical (unpaired) electrons. The van der Waals surface area contributed by atoms with E-state index in [0.29, 0.717) is 19.8 Å². The van der Waals surface area contributed by atoms with E-state index in [2.05, 4.69) is 45.6 Å². The van der Waals surface area contributed by atoms with Crippen LogP contribution >= 0.6 is 0 Å². The molecule has 1 atom stereocenters. The van der Waals surface area contributed by atoms with Crippen molar-refractivity contribution < 1.29 is 14.6 Å². The molecule has 1 unspecified atom stereocenters. The van der Waals surface area contributed by atoms with Crippen molar-refractivity contribution in [1.29, 1.82) is 0 Å². The van der Waals surface area contributed by atoms with E-state index in [-0.39, 0.29) is 5.54 Å². The van der Waals surface area contributed by atoms with Gasteiger partial charge in [-0.2, -0.15) is 0 Å². The molecule has 0 amide bonds. The summed E-state index contributed by atoms with van der Waals surface area (Å²) in [6.07, 6.45) is -0.502. The summed E-state index contributed by atoms with van der Waals surface area (Å²) in [5.41, 5.74) is 3.51. The van der Waals surface area contributed by atoms with E-state index in [4.69, 9.17) is 9.47 Å². The molecule has 0 aliphatic carbocycles. The van der Waals surface area contributed by atoms with Crippen LogP contribution in [0.2, 0.25) is 0 Å². The van der Waals surface area contributed by atoms with E-state index >= 15 is 0 Å². The molecular formula is C18H29NO3. The monoisotopic (exact) mass is 307 g/mol. The summed E-state index contributed by atoms with van der Waals surface area (Å²) in [5, 5.41) is 10.3. The third-order valence-electron chi connectivity index (χ3n) is 4.44. The zero-order valence-electron chi connectivity index (χ0n) is 14.5.